The molecule has 1 aromatic heterocycles. The maximum Gasteiger partial charge on any atom is 0.289 e. The van der Waals surface area contributed by atoms with Gasteiger partial charge in [0.1, 0.15) is 11.0 Å². The molecule has 0 spiro atoms. The second kappa shape index (κ2) is 4.34. The minimum absolute atomic E-state index is 0.0170. The lowest BCUT2D eigenvalue weighted by Gasteiger charge is -2.05. The molecule has 1 aromatic rings. The molecule has 0 aliphatic carbocycles. The molecule has 0 aliphatic heterocycles. The topological polar surface area (TPSA) is 78.7 Å². The molecule has 0 unspecified atom stereocenters. The Labute approximate surface area is 90.0 Å². The summed E-state index contributed by atoms with van der Waals surface area (Å²) < 4.78 is 0. The molecule has 1 heterocycles. The Morgan fingerprint density at radius 1 is 1.57 bits per heavy atom. The highest BCUT2D eigenvalue weighted by atomic mass is 35.5. The number of rotatable bonds is 3. The largest absolute Gasteiger partial charge is 0.372 e. The lowest BCUT2D eigenvalue weighted by molar-refractivity contribution is 0.107. The molecule has 0 aliphatic rings. The van der Waals surface area contributed by atoms with Crippen LogP contribution < -0.4 is 5.32 Å². The number of aromatic nitrogens is 2. The molecule has 0 bridgehead atoms. The summed E-state index contributed by atoms with van der Waals surface area (Å²) >= 11 is 10.9. The predicted octanol–water partition coefficient (Wildman–Crippen LogP) is 1.55. The van der Waals surface area contributed by atoms with E-state index in [-0.39, 0.29) is 11.0 Å². The summed E-state index contributed by atoms with van der Waals surface area (Å²) in [6.07, 6.45) is 0.997. The molecule has 7 heteroatoms. The Morgan fingerprint density at radius 2 is 2.21 bits per heavy atom. The highest BCUT2D eigenvalue weighted by Gasteiger charge is 2.13. The molecule has 0 saturated heterocycles. The van der Waals surface area contributed by atoms with Crippen molar-refractivity contribution in [1.29, 1.82) is 5.41 Å². The van der Waals surface area contributed by atoms with Gasteiger partial charge in [-0.2, -0.15) is 0 Å². The van der Waals surface area contributed by atoms with Crippen LogP contribution in [0.3, 0.4) is 0 Å². The molecular formula is C7H6Cl2N4O. The molecule has 0 atom stereocenters. The molecule has 0 saturated carbocycles. The van der Waals surface area contributed by atoms with Crippen LogP contribution in [0.1, 0.15) is 16.2 Å². The van der Waals surface area contributed by atoms with Gasteiger partial charge in [-0.05, 0) is 11.6 Å². The van der Waals surface area contributed by atoms with Gasteiger partial charge in [-0.1, -0.05) is 11.6 Å². The van der Waals surface area contributed by atoms with Crippen LogP contribution in [0.15, 0.2) is 0 Å². The van der Waals surface area contributed by atoms with Gasteiger partial charge in [-0.25, -0.2) is 9.97 Å². The normalized spacial score (nSPS) is 9.64. The summed E-state index contributed by atoms with van der Waals surface area (Å²) in [4.78, 5) is 18.2. The highest BCUT2D eigenvalue weighted by molar-refractivity contribution is 6.67. The van der Waals surface area contributed by atoms with E-state index in [9.17, 15) is 4.79 Å². The fourth-order valence-corrected chi connectivity index (χ4v) is 1.16. The van der Waals surface area contributed by atoms with Crippen molar-refractivity contribution in [2.75, 3.05) is 12.4 Å². The third-order valence-electron chi connectivity index (χ3n) is 1.46. The van der Waals surface area contributed by atoms with Gasteiger partial charge in [0.15, 0.2) is 0 Å². The van der Waals surface area contributed by atoms with E-state index in [1.165, 1.54) is 0 Å². The summed E-state index contributed by atoms with van der Waals surface area (Å²) in [5.74, 6) is 0.107. The van der Waals surface area contributed by atoms with E-state index in [4.69, 9.17) is 28.6 Å². The summed E-state index contributed by atoms with van der Waals surface area (Å²) in [7, 11) is 1.59. The van der Waals surface area contributed by atoms with E-state index < -0.39 is 5.24 Å². The first-order chi connectivity index (χ1) is 6.60. The Bertz CT molecular complexity index is 394. The zero-order chi connectivity index (χ0) is 10.7. The monoisotopic (exact) mass is 232 g/mol. The van der Waals surface area contributed by atoms with Crippen molar-refractivity contribution in [2.24, 2.45) is 0 Å². The molecule has 2 N–H and O–H groups in total. The van der Waals surface area contributed by atoms with Gasteiger partial charge < -0.3 is 10.7 Å². The third kappa shape index (κ3) is 2.00. The Hall–Kier alpha value is -1.20. The zero-order valence-electron chi connectivity index (χ0n) is 7.14. The van der Waals surface area contributed by atoms with Crippen LogP contribution in [-0.4, -0.2) is 28.5 Å². The van der Waals surface area contributed by atoms with Crippen LogP contribution in [0, 0.1) is 5.41 Å². The summed E-state index contributed by atoms with van der Waals surface area (Å²) in [6.45, 7) is 0. The van der Waals surface area contributed by atoms with Gasteiger partial charge in [0.2, 0.25) is 5.82 Å². The molecule has 0 amide bonds. The Morgan fingerprint density at radius 3 is 2.64 bits per heavy atom. The van der Waals surface area contributed by atoms with Gasteiger partial charge in [0.05, 0.1) is 5.56 Å². The van der Waals surface area contributed by atoms with Crippen molar-refractivity contribution in [1.82, 2.24) is 9.97 Å². The Kier molecular flexibility index (Phi) is 3.38. The van der Waals surface area contributed by atoms with Crippen LogP contribution in [0.5, 0.6) is 0 Å². The average Bonchev–Trinajstić information content (AvgIpc) is 2.16. The van der Waals surface area contributed by atoms with Gasteiger partial charge in [-0.3, -0.25) is 4.79 Å². The average molecular weight is 233 g/mol. The second-order valence-electron chi connectivity index (χ2n) is 2.27. The standard InChI is InChI=1S/C7H6Cl2N4O/c1-11-6-3(2-10)4(8)12-7(13-6)5(9)14/h2,10H,1H3,(H,11,12,13). The number of hydrogen-bond donors (Lipinski definition) is 2. The maximum atomic E-state index is 10.8. The summed E-state index contributed by atoms with van der Waals surface area (Å²) in [5, 5.41) is 8.97. The maximum absolute atomic E-state index is 10.8. The van der Waals surface area contributed by atoms with Crippen LogP contribution in [0.2, 0.25) is 5.15 Å². The molecule has 0 fully saturated rings. The van der Waals surface area contributed by atoms with E-state index in [2.05, 4.69) is 15.3 Å². The molecule has 74 valence electrons. The number of carbonyl (C=O) groups excluding carboxylic acids is 1. The van der Waals surface area contributed by atoms with Crippen molar-refractivity contribution in [3.63, 3.8) is 0 Å². The fraction of sp³-hybridized carbons (Fsp3) is 0.143. The zero-order valence-corrected chi connectivity index (χ0v) is 8.65. The molecule has 5 nitrogen and oxygen atoms in total. The fourth-order valence-electron chi connectivity index (χ4n) is 0.848. The van der Waals surface area contributed by atoms with E-state index in [0.717, 1.165) is 6.21 Å². The van der Waals surface area contributed by atoms with Crippen molar-refractivity contribution < 1.29 is 4.79 Å². The van der Waals surface area contributed by atoms with E-state index in [0.29, 0.717) is 11.4 Å². The van der Waals surface area contributed by atoms with E-state index in [1.54, 1.807) is 7.05 Å². The van der Waals surface area contributed by atoms with Gasteiger partial charge in [0, 0.05) is 13.3 Å². The second-order valence-corrected chi connectivity index (χ2v) is 2.97. The first-order valence-electron chi connectivity index (χ1n) is 3.55. The number of nitrogens with zero attached hydrogens (tertiary/aromatic N) is 2. The summed E-state index contributed by atoms with van der Waals surface area (Å²) in [5.41, 5.74) is 0.316. The van der Waals surface area contributed by atoms with Crippen LogP contribution in [0.25, 0.3) is 0 Å². The molecule has 0 aromatic carbocycles. The van der Waals surface area contributed by atoms with Crippen LogP contribution in [-0.2, 0) is 0 Å². The van der Waals surface area contributed by atoms with Gasteiger partial charge in [-0.15, -0.1) is 0 Å². The number of hydrogen-bond acceptors (Lipinski definition) is 5. The lowest BCUT2D eigenvalue weighted by Crippen LogP contribution is -2.07. The molecule has 14 heavy (non-hydrogen) atoms. The van der Waals surface area contributed by atoms with E-state index in [1.807, 2.05) is 0 Å². The van der Waals surface area contributed by atoms with Gasteiger partial charge >= 0.3 is 0 Å². The predicted molar refractivity (Wildman–Crippen MR) is 54.7 cm³/mol. The number of carbonyl (C=O) groups is 1. The molecular weight excluding hydrogens is 227 g/mol. The quantitative estimate of drug-likeness (QED) is 0.471. The third-order valence-corrected chi connectivity index (χ3v) is 1.91. The SMILES string of the molecule is CNc1nc(C(=O)Cl)nc(Cl)c1C=N. The van der Waals surface area contributed by atoms with Crippen molar-refractivity contribution in [2.45, 2.75) is 0 Å². The number of halogens is 2. The van der Waals surface area contributed by atoms with Crippen molar-refractivity contribution in [3.05, 3.63) is 16.5 Å². The molecule has 0 radical (unpaired) electrons. The smallest absolute Gasteiger partial charge is 0.289 e. The minimum Gasteiger partial charge on any atom is -0.372 e. The number of nitrogens with one attached hydrogen (secondary N) is 2. The van der Waals surface area contributed by atoms with Crippen molar-refractivity contribution in [3.8, 4) is 0 Å². The van der Waals surface area contributed by atoms with E-state index >= 15 is 0 Å². The van der Waals surface area contributed by atoms with Crippen LogP contribution in [0.4, 0.5) is 5.82 Å². The Balaban J connectivity index is 3.38. The van der Waals surface area contributed by atoms with Crippen LogP contribution >= 0.6 is 23.2 Å². The minimum atomic E-state index is -0.792. The highest BCUT2D eigenvalue weighted by Crippen LogP contribution is 2.19. The van der Waals surface area contributed by atoms with Gasteiger partial charge in [0.25, 0.3) is 5.24 Å². The summed E-state index contributed by atoms with van der Waals surface area (Å²) in [6, 6.07) is 0. The van der Waals surface area contributed by atoms with Crippen molar-refractivity contribution >= 4 is 40.5 Å². The first kappa shape index (κ1) is 10.9. The first-order valence-corrected chi connectivity index (χ1v) is 4.31. The number of anilines is 1. The lowest BCUT2D eigenvalue weighted by atomic mass is 10.3. The molecule has 1 rings (SSSR count).